The van der Waals surface area contributed by atoms with Crippen LogP contribution in [0.2, 0.25) is 0 Å². The Morgan fingerprint density at radius 1 is 0.571 bits per heavy atom. The zero-order valence-corrected chi connectivity index (χ0v) is 36.4. The second-order valence-electron chi connectivity index (χ2n) is 15.5. The van der Waals surface area contributed by atoms with Crippen molar-refractivity contribution in [2.45, 2.75) is 213 Å². The maximum absolute atomic E-state index is 12.2. The summed E-state index contributed by atoms with van der Waals surface area (Å²) in [4.78, 5) is 24.3. The molecule has 0 saturated carbocycles. The quantitative estimate of drug-likeness (QED) is 0.0278. The van der Waals surface area contributed by atoms with Crippen LogP contribution in [-0.2, 0) is 19.1 Å². The van der Waals surface area contributed by atoms with E-state index >= 15 is 0 Å². The predicted octanol–water partition coefficient (Wildman–Crippen LogP) is 13.7. The SMILES string of the molecule is CC/C=C\CC(O)/C=C/C=C/C/C=C\C/C=C\C/C=C\CCC(=O)OC[C@H](CO)OC(=O)CCCCCCCCCCCCCCCCCCCCC(C)CC. The summed E-state index contributed by atoms with van der Waals surface area (Å²) < 4.78 is 10.6. The lowest BCUT2D eigenvalue weighted by molar-refractivity contribution is -0.161. The number of carbonyl (C=O) groups is 2. The van der Waals surface area contributed by atoms with Gasteiger partial charge in [0, 0.05) is 12.8 Å². The van der Waals surface area contributed by atoms with Crippen LogP contribution in [0.4, 0.5) is 0 Å². The van der Waals surface area contributed by atoms with Crippen LogP contribution in [0.3, 0.4) is 0 Å². The van der Waals surface area contributed by atoms with Crippen LogP contribution in [-0.4, -0.2) is 47.6 Å². The maximum atomic E-state index is 12.2. The van der Waals surface area contributed by atoms with Gasteiger partial charge in [-0.25, -0.2) is 0 Å². The first-order valence-electron chi connectivity index (χ1n) is 23.0. The first-order chi connectivity index (χ1) is 27.4. The largest absolute Gasteiger partial charge is 0.462 e. The van der Waals surface area contributed by atoms with Gasteiger partial charge in [-0.05, 0) is 50.9 Å². The molecule has 0 aromatic heterocycles. The molecule has 0 aliphatic carbocycles. The first-order valence-corrected chi connectivity index (χ1v) is 23.0. The Bertz CT molecular complexity index is 1050. The Labute approximate surface area is 345 Å². The van der Waals surface area contributed by atoms with Crippen molar-refractivity contribution in [1.29, 1.82) is 0 Å². The summed E-state index contributed by atoms with van der Waals surface area (Å²) in [6, 6.07) is 0. The van der Waals surface area contributed by atoms with Crippen LogP contribution in [0.25, 0.3) is 0 Å². The van der Waals surface area contributed by atoms with Crippen molar-refractivity contribution >= 4 is 11.9 Å². The highest BCUT2D eigenvalue weighted by molar-refractivity contribution is 5.70. The third-order valence-corrected chi connectivity index (χ3v) is 10.1. The monoisotopic (exact) mass is 783 g/mol. The number of hydrogen-bond acceptors (Lipinski definition) is 6. The molecule has 0 aromatic carbocycles. The Balaban J connectivity index is 3.66. The molecule has 0 amide bonds. The molecule has 0 aliphatic heterocycles. The molecule has 0 aliphatic rings. The van der Waals surface area contributed by atoms with Gasteiger partial charge >= 0.3 is 11.9 Å². The van der Waals surface area contributed by atoms with E-state index in [-0.39, 0.29) is 31.6 Å². The van der Waals surface area contributed by atoms with Crippen molar-refractivity contribution in [3.8, 4) is 0 Å². The average Bonchev–Trinajstić information content (AvgIpc) is 3.19. The van der Waals surface area contributed by atoms with Crippen LogP contribution in [0.1, 0.15) is 201 Å². The van der Waals surface area contributed by atoms with E-state index in [0.717, 1.165) is 50.9 Å². The highest BCUT2D eigenvalue weighted by atomic mass is 16.6. The third kappa shape index (κ3) is 40.9. The summed E-state index contributed by atoms with van der Waals surface area (Å²) in [6.45, 7) is 6.27. The number of allylic oxidation sites excluding steroid dienone is 10. The number of unbranched alkanes of at least 4 members (excludes halogenated alkanes) is 17. The van der Waals surface area contributed by atoms with E-state index in [2.05, 4.69) is 57.2 Å². The molecule has 6 nitrogen and oxygen atoms in total. The van der Waals surface area contributed by atoms with E-state index in [4.69, 9.17) is 9.47 Å². The zero-order chi connectivity index (χ0) is 41.0. The molecule has 322 valence electrons. The normalized spacial score (nSPS) is 14.0. The van der Waals surface area contributed by atoms with Crippen molar-refractivity contribution in [3.05, 3.63) is 72.9 Å². The molecular weight excluding hydrogens is 697 g/mol. The number of rotatable bonds is 40. The van der Waals surface area contributed by atoms with Gasteiger partial charge in [0.1, 0.15) is 6.61 Å². The van der Waals surface area contributed by atoms with Gasteiger partial charge in [0.15, 0.2) is 6.10 Å². The molecule has 3 atom stereocenters. The molecule has 0 bridgehead atoms. The van der Waals surface area contributed by atoms with Gasteiger partial charge in [0.2, 0.25) is 0 Å². The van der Waals surface area contributed by atoms with Crippen molar-refractivity contribution in [2.24, 2.45) is 5.92 Å². The van der Waals surface area contributed by atoms with Gasteiger partial charge in [-0.15, -0.1) is 0 Å². The molecule has 0 saturated heterocycles. The molecule has 56 heavy (non-hydrogen) atoms. The highest BCUT2D eigenvalue weighted by Gasteiger charge is 2.16. The van der Waals surface area contributed by atoms with Gasteiger partial charge in [-0.3, -0.25) is 9.59 Å². The zero-order valence-electron chi connectivity index (χ0n) is 36.4. The van der Waals surface area contributed by atoms with Gasteiger partial charge in [0.25, 0.3) is 0 Å². The number of ether oxygens (including phenoxy) is 2. The van der Waals surface area contributed by atoms with Crippen LogP contribution in [0.15, 0.2) is 72.9 Å². The Morgan fingerprint density at radius 3 is 1.59 bits per heavy atom. The Hall–Kier alpha value is -2.70. The standard InChI is InChI=1S/C50H86O6/c1-4-6-34-40-47(52)41-36-31-27-23-19-15-13-17-20-24-28-32-37-42-49(53)55-45-48(44-51)56-50(54)43-38-33-29-25-21-16-12-10-8-7-9-11-14-18-22-26-30-35-39-46(3)5-2/h6,15,17,19-20,27-28,31-32,34,36,41,46-48,51-52H,4-5,7-14,16,18,21-26,29-30,33,35,37-40,42-45H2,1-3H3/b19-15-,20-17-,31-27+,32-28-,34-6-,41-36+/t46?,47?,48-/m0/s1. The van der Waals surface area contributed by atoms with Crippen LogP contribution in [0.5, 0.6) is 0 Å². The molecule has 2 unspecified atom stereocenters. The lowest BCUT2D eigenvalue weighted by Gasteiger charge is -2.15. The second-order valence-corrected chi connectivity index (χ2v) is 15.5. The minimum atomic E-state index is -0.815. The molecule has 6 heteroatoms. The lowest BCUT2D eigenvalue weighted by Crippen LogP contribution is -2.28. The van der Waals surface area contributed by atoms with Gasteiger partial charge < -0.3 is 19.7 Å². The summed E-state index contributed by atoms with van der Waals surface area (Å²) >= 11 is 0. The predicted molar refractivity (Wildman–Crippen MR) is 239 cm³/mol. The number of esters is 2. The number of hydrogen-bond donors (Lipinski definition) is 2. The summed E-state index contributed by atoms with van der Waals surface area (Å²) in [5.41, 5.74) is 0. The molecule has 0 heterocycles. The van der Waals surface area contributed by atoms with Gasteiger partial charge in [-0.2, -0.15) is 0 Å². The average molecular weight is 783 g/mol. The molecule has 0 spiro atoms. The minimum Gasteiger partial charge on any atom is -0.462 e. The number of aliphatic hydroxyl groups is 2. The molecular formula is C50H86O6. The van der Waals surface area contributed by atoms with Gasteiger partial charge in [-0.1, -0.05) is 216 Å². The van der Waals surface area contributed by atoms with Crippen LogP contribution in [0, 0.1) is 5.92 Å². The first kappa shape index (κ1) is 53.3. The van der Waals surface area contributed by atoms with Gasteiger partial charge in [0.05, 0.1) is 12.7 Å². The van der Waals surface area contributed by atoms with Crippen LogP contribution >= 0.6 is 0 Å². The molecule has 2 N–H and O–H groups in total. The second kappa shape index (κ2) is 43.4. The molecule has 0 rings (SSSR count). The van der Waals surface area contributed by atoms with Crippen molar-refractivity contribution in [3.63, 3.8) is 0 Å². The van der Waals surface area contributed by atoms with E-state index in [1.165, 1.54) is 109 Å². The Morgan fingerprint density at radius 2 is 1.07 bits per heavy atom. The fourth-order valence-electron chi connectivity index (χ4n) is 6.29. The van der Waals surface area contributed by atoms with Crippen molar-refractivity contribution in [1.82, 2.24) is 0 Å². The number of carbonyl (C=O) groups excluding carboxylic acids is 2. The van der Waals surface area contributed by atoms with E-state index in [0.29, 0.717) is 19.3 Å². The summed E-state index contributed by atoms with van der Waals surface area (Å²) in [7, 11) is 0. The van der Waals surface area contributed by atoms with E-state index < -0.39 is 12.2 Å². The fraction of sp³-hybridized carbons (Fsp3) is 0.720. The topological polar surface area (TPSA) is 93.1 Å². The van der Waals surface area contributed by atoms with Crippen molar-refractivity contribution in [2.75, 3.05) is 13.2 Å². The molecule has 0 radical (unpaired) electrons. The van der Waals surface area contributed by atoms with Crippen LogP contribution < -0.4 is 0 Å². The maximum Gasteiger partial charge on any atom is 0.306 e. The molecule has 0 aromatic rings. The van der Waals surface area contributed by atoms with Crippen molar-refractivity contribution < 1.29 is 29.3 Å². The van der Waals surface area contributed by atoms with E-state index in [1.54, 1.807) is 6.08 Å². The summed E-state index contributed by atoms with van der Waals surface area (Å²) in [5, 5.41) is 19.4. The fourth-order valence-corrected chi connectivity index (χ4v) is 6.29. The minimum absolute atomic E-state index is 0.119. The summed E-state index contributed by atoms with van der Waals surface area (Å²) in [5.74, 6) is 0.200. The highest BCUT2D eigenvalue weighted by Crippen LogP contribution is 2.17. The molecule has 0 fully saturated rings. The Kier molecular flexibility index (Phi) is 41.3. The number of aliphatic hydroxyl groups excluding tert-OH is 2. The lowest BCUT2D eigenvalue weighted by atomic mass is 9.99. The summed E-state index contributed by atoms with van der Waals surface area (Å²) in [6.07, 6.45) is 54.6. The smallest absolute Gasteiger partial charge is 0.306 e. The third-order valence-electron chi connectivity index (χ3n) is 10.1. The van der Waals surface area contributed by atoms with E-state index in [1.807, 2.05) is 30.4 Å². The van der Waals surface area contributed by atoms with E-state index in [9.17, 15) is 19.8 Å².